The normalized spacial score (nSPS) is 18.2. The molecular formula is C37H33N5O3S. The third kappa shape index (κ3) is 5.71. The minimum absolute atomic E-state index is 0.227. The molecule has 5 aromatic rings. The lowest BCUT2D eigenvalue weighted by Crippen LogP contribution is -2.39. The van der Waals surface area contributed by atoms with Crippen molar-refractivity contribution in [1.29, 1.82) is 0 Å². The molecule has 0 aliphatic carbocycles. The van der Waals surface area contributed by atoms with Crippen molar-refractivity contribution in [3.63, 3.8) is 0 Å². The lowest BCUT2D eigenvalue weighted by Gasteiger charge is -2.30. The first-order valence-electron chi connectivity index (χ1n) is 15.4. The Hall–Kier alpha value is -5.12. The highest BCUT2D eigenvalue weighted by Gasteiger charge is 2.33. The van der Waals surface area contributed by atoms with E-state index in [0.29, 0.717) is 52.8 Å². The second-order valence-corrected chi connectivity index (χ2v) is 13.6. The molecular weight excluding hydrogens is 595 g/mol. The van der Waals surface area contributed by atoms with Crippen molar-refractivity contribution in [2.24, 2.45) is 11.0 Å². The van der Waals surface area contributed by atoms with Crippen LogP contribution in [0.25, 0.3) is 23.0 Å². The number of hydrogen-bond donors (Lipinski definition) is 0. The minimum Gasteiger partial charge on any atom is -0.267 e. The molecule has 0 bridgehead atoms. The van der Waals surface area contributed by atoms with Gasteiger partial charge >= 0.3 is 0 Å². The summed E-state index contributed by atoms with van der Waals surface area (Å²) in [6.07, 6.45) is 5.55. The topological polar surface area (TPSA) is 87.9 Å². The molecule has 2 aliphatic rings. The fourth-order valence-corrected chi connectivity index (χ4v) is 7.65. The van der Waals surface area contributed by atoms with E-state index in [4.69, 9.17) is 10.2 Å². The molecule has 1 saturated heterocycles. The maximum Gasteiger partial charge on any atom is 0.281 e. The van der Waals surface area contributed by atoms with Crippen LogP contribution in [0.4, 0.5) is 5.69 Å². The number of hydrazone groups is 1. The Bertz CT molecular complexity index is 2060. The molecule has 1 atom stereocenters. The van der Waals surface area contributed by atoms with Crippen molar-refractivity contribution in [3.8, 4) is 16.9 Å². The summed E-state index contributed by atoms with van der Waals surface area (Å²) in [5.41, 5.74) is 5.11. The number of piperidine rings is 1. The van der Waals surface area contributed by atoms with E-state index in [2.05, 4.69) is 6.92 Å². The van der Waals surface area contributed by atoms with E-state index in [-0.39, 0.29) is 10.8 Å². The van der Waals surface area contributed by atoms with E-state index in [0.717, 1.165) is 24.1 Å². The van der Waals surface area contributed by atoms with Crippen LogP contribution in [0.3, 0.4) is 0 Å². The summed E-state index contributed by atoms with van der Waals surface area (Å²) < 4.78 is 30.8. The summed E-state index contributed by atoms with van der Waals surface area (Å²) >= 11 is 0. The zero-order valence-corrected chi connectivity index (χ0v) is 26.2. The highest BCUT2D eigenvalue weighted by atomic mass is 32.2. The molecule has 3 heterocycles. The number of aromatic nitrogens is 2. The number of amides is 1. The van der Waals surface area contributed by atoms with Crippen LogP contribution in [-0.4, -0.2) is 47.2 Å². The molecule has 46 heavy (non-hydrogen) atoms. The van der Waals surface area contributed by atoms with Gasteiger partial charge in [-0.3, -0.25) is 4.79 Å². The monoisotopic (exact) mass is 627 g/mol. The van der Waals surface area contributed by atoms with Crippen molar-refractivity contribution in [2.45, 2.75) is 24.7 Å². The lowest BCUT2D eigenvalue weighted by molar-refractivity contribution is -0.114. The molecule has 1 fully saturated rings. The number of rotatable bonds is 7. The lowest BCUT2D eigenvalue weighted by atomic mass is 9.99. The van der Waals surface area contributed by atoms with Gasteiger partial charge in [-0.05, 0) is 61.2 Å². The number of sulfonamides is 1. The number of para-hydroxylation sites is 2. The maximum atomic E-state index is 14.0. The molecule has 4 aromatic carbocycles. The summed E-state index contributed by atoms with van der Waals surface area (Å²) in [4.78, 5) is 14.3. The van der Waals surface area contributed by atoms with E-state index >= 15 is 0 Å². The predicted molar refractivity (Wildman–Crippen MR) is 181 cm³/mol. The summed E-state index contributed by atoms with van der Waals surface area (Å²) in [5, 5.41) is 11.1. The summed E-state index contributed by atoms with van der Waals surface area (Å²) in [7, 11) is -3.69. The Morgan fingerprint density at radius 1 is 0.804 bits per heavy atom. The van der Waals surface area contributed by atoms with Crippen LogP contribution < -0.4 is 5.01 Å². The smallest absolute Gasteiger partial charge is 0.267 e. The largest absolute Gasteiger partial charge is 0.281 e. The van der Waals surface area contributed by atoms with E-state index in [1.54, 1.807) is 27.2 Å². The molecule has 1 unspecified atom stereocenters. The quantitative estimate of drug-likeness (QED) is 0.186. The molecule has 2 aliphatic heterocycles. The molecule has 0 radical (unpaired) electrons. The van der Waals surface area contributed by atoms with E-state index < -0.39 is 10.0 Å². The van der Waals surface area contributed by atoms with Crippen LogP contribution in [0, 0.1) is 5.92 Å². The first-order valence-corrected chi connectivity index (χ1v) is 16.8. The van der Waals surface area contributed by atoms with Gasteiger partial charge in [0.15, 0.2) is 0 Å². The van der Waals surface area contributed by atoms with Crippen molar-refractivity contribution in [2.75, 3.05) is 18.1 Å². The van der Waals surface area contributed by atoms with Gasteiger partial charge in [0.05, 0.1) is 21.8 Å². The molecule has 1 amide bonds. The van der Waals surface area contributed by atoms with Gasteiger partial charge < -0.3 is 0 Å². The van der Waals surface area contributed by atoms with Gasteiger partial charge in [0.2, 0.25) is 10.0 Å². The SMILES string of the molecule is CC1CCCN(S(=O)(=O)c2cccc(-c3nn(-c4ccccc4)cc3/C=C3\C(=O)N(c4ccccc4)N=C3c3ccccc3)c2)C1. The Morgan fingerprint density at radius 3 is 2.15 bits per heavy atom. The minimum atomic E-state index is -3.69. The molecule has 9 heteroatoms. The molecule has 7 rings (SSSR count). The average Bonchev–Trinajstić information content (AvgIpc) is 3.67. The maximum absolute atomic E-state index is 14.0. The van der Waals surface area contributed by atoms with Crippen molar-refractivity contribution >= 4 is 33.4 Å². The number of anilines is 1. The second-order valence-electron chi connectivity index (χ2n) is 11.7. The van der Waals surface area contributed by atoms with Gasteiger partial charge in [-0.25, -0.2) is 13.1 Å². The molecule has 0 spiro atoms. The number of carbonyl (C=O) groups is 1. The third-order valence-electron chi connectivity index (χ3n) is 8.35. The molecule has 0 N–H and O–H groups in total. The highest BCUT2D eigenvalue weighted by Crippen LogP contribution is 2.33. The van der Waals surface area contributed by atoms with Gasteiger partial charge in [-0.15, -0.1) is 0 Å². The number of hydrogen-bond acceptors (Lipinski definition) is 5. The summed E-state index contributed by atoms with van der Waals surface area (Å²) in [6.45, 7) is 3.11. The summed E-state index contributed by atoms with van der Waals surface area (Å²) in [5.74, 6) is 0.0467. The van der Waals surface area contributed by atoms with Gasteiger partial charge in [0.25, 0.3) is 5.91 Å². The fraction of sp³-hybridized carbons (Fsp3) is 0.162. The Morgan fingerprint density at radius 2 is 1.46 bits per heavy atom. The first kappa shape index (κ1) is 29.6. The Labute approximate surface area is 269 Å². The van der Waals surface area contributed by atoms with E-state index in [1.165, 1.54) is 5.01 Å². The highest BCUT2D eigenvalue weighted by molar-refractivity contribution is 7.89. The van der Waals surface area contributed by atoms with Crippen LogP contribution in [0.2, 0.25) is 0 Å². The van der Waals surface area contributed by atoms with Crippen molar-refractivity contribution in [1.82, 2.24) is 14.1 Å². The number of benzene rings is 4. The second kappa shape index (κ2) is 12.3. The van der Waals surface area contributed by atoms with Crippen LogP contribution in [0.15, 0.2) is 137 Å². The number of nitrogens with zero attached hydrogens (tertiary/aromatic N) is 5. The Kier molecular flexibility index (Phi) is 7.94. The molecule has 230 valence electrons. The fourth-order valence-electron chi connectivity index (χ4n) is 6.00. The van der Waals surface area contributed by atoms with Gasteiger partial charge in [-0.2, -0.15) is 19.5 Å². The van der Waals surface area contributed by atoms with Gasteiger partial charge in [0, 0.05) is 36.0 Å². The Balaban J connectivity index is 1.36. The van der Waals surface area contributed by atoms with Crippen LogP contribution in [-0.2, 0) is 14.8 Å². The third-order valence-corrected chi connectivity index (χ3v) is 10.2. The van der Waals surface area contributed by atoms with Crippen LogP contribution >= 0.6 is 0 Å². The van der Waals surface area contributed by atoms with Crippen LogP contribution in [0.5, 0.6) is 0 Å². The predicted octanol–water partition coefficient (Wildman–Crippen LogP) is 6.79. The molecule has 1 aromatic heterocycles. The van der Waals surface area contributed by atoms with E-state index in [9.17, 15) is 13.2 Å². The zero-order valence-electron chi connectivity index (χ0n) is 25.4. The zero-order chi connectivity index (χ0) is 31.7. The van der Waals surface area contributed by atoms with Gasteiger partial charge in [-0.1, -0.05) is 85.8 Å². The average molecular weight is 628 g/mol. The standard InChI is InChI=1S/C37H33N5O3S/c1-27-13-12-22-40(25-27)46(44,45)33-21-11-16-29(23-33)35-30(26-41(38-35)31-17-7-3-8-18-31)24-34-36(28-14-5-2-6-15-28)39-42(37(34)43)32-19-9-4-10-20-32/h2-11,14-21,23-24,26-27H,12-13,22,25H2,1H3/b34-24-. The first-order chi connectivity index (χ1) is 22.4. The van der Waals surface area contributed by atoms with E-state index in [1.807, 2.05) is 109 Å². The molecule has 8 nitrogen and oxygen atoms in total. The van der Waals surface area contributed by atoms with Crippen LogP contribution in [0.1, 0.15) is 30.9 Å². The molecule has 0 saturated carbocycles. The van der Waals surface area contributed by atoms with Crippen molar-refractivity contribution < 1.29 is 13.2 Å². The van der Waals surface area contributed by atoms with Crippen molar-refractivity contribution in [3.05, 3.63) is 138 Å². The number of carbonyl (C=O) groups excluding carboxylic acids is 1. The van der Waals surface area contributed by atoms with Gasteiger partial charge in [0.1, 0.15) is 11.4 Å². The summed E-state index contributed by atoms with van der Waals surface area (Å²) in [6, 6.07) is 35.6.